The van der Waals surface area contributed by atoms with Gasteiger partial charge in [-0.05, 0) is 83.2 Å². The molecule has 3 aliphatic rings. The Bertz CT molecular complexity index is 252. The van der Waals surface area contributed by atoms with Crippen LogP contribution < -0.4 is 5.32 Å². The second kappa shape index (κ2) is 7.24. The fourth-order valence-corrected chi connectivity index (χ4v) is 4.51. The largest absolute Gasteiger partial charge is 0.317 e. The fraction of sp³-hybridized carbons (Fsp3) is 1.00. The van der Waals surface area contributed by atoms with E-state index in [1.807, 2.05) is 0 Å². The Morgan fingerprint density at radius 3 is 1.55 bits per heavy atom. The summed E-state index contributed by atoms with van der Waals surface area (Å²) in [5.74, 6) is 0. The molecule has 0 aromatic rings. The number of hydrogen-bond acceptors (Lipinski definition) is 3. The SMILES string of the molecule is C1CCN(CC2(CN3CCCCC3)CCNCC2)CC1. The molecule has 3 fully saturated rings. The summed E-state index contributed by atoms with van der Waals surface area (Å²) in [5, 5.41) is 3.58. The van der Waals surface area contributed by atoms with Crippen molar-refractivity contribution in [1.82, 2.24) is 15.1 Å². The molecule has 0 atom stereocenters. The number of likely N-dealkylation sites (tertiary alicyclic amines) is 2. The molecule has 3 aliphatic heterocycles. The highest BCUT2D eigenvalue weighted by Crippen LogP contribution is 2.33. The van der Waals surface area contributed by atoms with Crippen LogP contribution in [0, 0.1) is 5.41 Å². The monoisotopic (exact) mass is 279 g/mol. The zero-order valence-electron chi connectivity index (χ0n) is 13.2. The highest BCUT2D eigenvalue weighted by molar-refractivity contribution is 4.91. The fourth-order valence-electron chi connectivity index (χ4n) is 4.51. The van der Waals surface area contributed by atoms with E-state index in [4.69, 9.17) is 0 Å². The lowest BCUT2D eigenvalue weighted by Gasteiger charge is -2.45. The Kier molecular flexibility index (Phi) is 5.36. The second-order valence-corrected chi connectivity index (χ2v) is 7.42. The molecule has 0 aliphatic carbocycles. The van der Waals surface area contributed by atoms with Gasteiger partial charge < -0.3 is 15.1 Å². The number of nitrogens with one attached hydrogen (secondary N) is 1. The van der Waals surface area contributed by atoms with Crippen molar-refractivity contribution in [2.24, 2.45) is 5.41 Å². The van der Waals surface area contributed by atoms with Crippen molar-refractivity contribution in [3.8, 4) is 0 Å². The standard InChI is InChI=1S/C17H33N3/c1-3-11-19(12-4-1)15-17(7-9-18-10-8-17)16-20-13-5-2-6-14-20/h18H,1-16H2. The minimum absolute atomic E-state index is 0.583. The smallest absolute Gasteiger partial charge is 0.00512 e. The highest BCUT2D eigenvalue weighted by Gasteiger charge is 2.36. The molecule has 3 nitrogen and oxygen atoms in total. The van der Waals surface area contributed by atoms with E-state index in [-0.39, 0.29) is 0 Å². The van der Waals surface area contributed by atoms with E-state index in [2.05, 4.69) is 15.1 Å². The van der Waals surface area contributed by atoms with Crippen LogP contribution in [0.3, 0.4) is 0 Å². The van der Waals surface area contributed by atoms with Crippen LogP contribution in [0.1, 0.15) is 51.4 Å². The third kappa shape index (κ3) is 3.96. The van der Waals surface area contributed by atoms with Gasteiger partial charge in [0.25, 0.3) is 0 Å². The lowest BCUT2D eigenvalue weighted by molar-refractivity contribution is 0.0496. The molecule has 0 aromatic carbocycles. The zero-order valence-corrected chi connectivity index (χ0v) is 13.2. The third-order valence-electron chi connectivity index (χ3n) is 5.68. The molecule has 0 amide bonds. The van der Waals surface area contributed by atoms with E-state index in [0.717, 1.165) is 0 Å². The van der Waals surface area contributed by atoms with E-state index in [1.165, 1.54) is 104 Å². The number of rotatable bonds is 4. The summed E-state index contributed by atoms with van der Waals surface area (Å²) >= 11 is 0. The predicted molar refractivity (Wildman–Crippen MR) is 85.1 cm³/mol. The molecule has 0 bridgehead atoms. The Morgan fingerprint density at radius 2 is 1.10 bits per heavy atom. The molecule has 3 rings (SSSR count). The van der Waals surface area contributed by atoms with Crippen molar-refractivity contribution in [3.05, 3.63) is 0 Å². The van der Waals surface area contributed by atoms with E-state index in [9.17, 15) is 0 Å². The van der Waals surface area contributed by atoms with Crippen molar-refractivity contribution >= 4 is 0 Å². The quantitative estimate of drug-likeness (QED) is 0.852. The minimum Gasteiger partial charge on any atom is -0.317 e. The molecule has 1 N–H and O–H groups in total. The Hall–Kier alpha value is -0.120. The summed E-state index contributed by atoms with van der Waals surface area (Å²) in [7, 11) is 0. The summed E-state index contributed by atoms with van der Waals surface area (Å²) in [6, 6.07) is 0. The lowest BCUT2D eigenvalue weighted by Crippen LogP contribution is -2.52. The van der Waals surface area contributed by atoms with E-state index < -0.39 is 0 Å². The van der Waals surface area contributed by atoms with Gasteiger partial charge in [-0.25, -0.2) is 0 Å². The van der Waals surface area contributed by atoms with Gasteiger partial charge in [-0.15, -0.1) is 0 Å². The Balaban J connectivity index is 1.60. The van der Waals surface area contributed by atoms with Crippen LogP contribution in [-0.2, 0) is 0 Å². The molecule has 3 saturated heterocycles. The van der Waals surface area contributed by atoms with Crippen LogP contribution in [0.2, 0.25) is 0 Å². The van der Waals surface area contributed by atoms with Crippen molar-refractivity contribution in [3.63, 3.8) is 0 Å². The van der Waals surface area contributed by atoms with Gasteiger partial charge in [-0.1, -0.05) is 12.8 Å². The first-order valence-corrected chi connectivity index (χ1v) is 9.02. The Labute approximate surface area is 125 Å². The van der Waals surface area contributed by atoms with Crippen LogP contribution in [0.25, 0.3) is 0 Å². The lowest BCUT2D eigenvalue weighted by atomic mass is 9.77. The van der Waals surface area contributed by atoms with Crippen LogP contribution in [-0.4, -0.2) is 62.2 Å². The molecule has 0 radical (unpaired) electrons. The predicted octanol–water partition coefficient (Wildman–Crippen LogP) is 2.33. The maximum Gasteiger partial charge on any atom is 0.00512 e. The molecule has 0 aromatic heterocycles. The van der Waals surface area contributed by atoms with Crippen molar-refractivity contribution < 1.29 is 0 Å². The number of piperidine rings is 3. The van der Waals surface area contributed by atoms with Gasteiger partial charge in [0.2, 0.25) is 0 Å². The summed E-state index contributed by atoms with van der Waals surface area (Å²) in [5.41, 5.74) is 0.583. The van der Waals surface area contributed by atoms with Crippen molar-refractivity contribution in [2.75, 3.05) is 52.4 Å². The van der Waals surface area contributed by atoms with E-state index in [0.29, 0.717) is 5.41 Å². The average Bonchev–Trinajstić information content (AvgIpc) is 2.50. The van der Waals surface area contributed by atoms with Crippen molar-refractivity contribution in [1.29, 1.82) is 0 Å². The van der Waals surface area contributed by atoms with Crippen LogP contribution >= 0.6 is 0 Å². The van der Waals surface area contributed by atoms with Crippen molar-refractivity contribution in [2.45, 2.75) is 51.4 Å². The Morgan fingerprint density at radius 1 is 0.650 bits per heavy atom. The van der Waals surface area contributed by atoms with Gasteiger partial charge in [0.15, 0.2) is 0 Å². The van der Waals surface area contributed by atoms with Crippen LogP contribution in [0.5, 0.6) is 0 Å². The molecular weight excluding hydrogens is 246 g/mol. The van der Waals surface area contributed by atoms with E-state index >= 15 is 0 Å². The van der Waals surface area contributed by atoms with Gasteiger partial charge in [-0.3, -0.25) is 0 Å². The zero-order chi connectivity index (χ0) is 13.7. The van der Waals surface area contributed by atoms with Gasteiger partial charge in [-0.2, -0.15) is 0 Å². The molecule has 0 unspecified atom stereocenters. The minimum atomic E-state index is 0.583. The molecule has 0 saturated carbocycles. The first-order chi connectivity index (χ1) is 9.86. The second-order valence-electron chi connectivity index (χ2n) is 7.42. The molecular formula is C17H33N3. The average molecular weight is 279 g/mol. The maximum atomic E-state index is 3.58. The molecule has 3 heteroatoms. The number of nitrogens with zero attached hydrogens (tertiary/aromatic N) is 2. The molecule has 116 valence electrons. The van der Waals surface area contributed by atoms with Crippen LogP contribution in [0.4, 0.5) is 0 Å². The van der Waals surface area contributed by atoms with Gasteiger partial charge in [0, 0.05) is 13.1 Å². The topological polar surface area (TPSA) is 18.5 Å². The van der Waals surface area contributed by atoms with Gasteiger partial charge in [0.1, 0.15) is 0 Å². The first kappa shape index (κ1) is 14.8. The highest BCUT2D eigenvalue weighted by atomic mass is 15.2. The summed E-state index contributed by atoms with van der Waals surface area (Å²) in [6.45, 7) is 10.6. The van der Waals surface area contributed by atoms with Crippen LogP contribution in [0.15, 0.2) is 0 Å². The molecule has 0 spiro atoms. The summed E-state index contributed by atoms with van der Waals surface area (Å²) < 4.78 is 0. The summed E-state index contributed by atoms with van der Waals surface area (Å²) in [4.78, 5) is 5.55. The third-order valence-corrected chi connectivity index (χ3v) is 5.68. The summed E-state index contributed by atoms with van der Waals surface area (Å²) in [6.07, 6.45) is 11.4. The molecule has 20 heavy (non-hydrogen) atoms. The van der Waals surface area contributed by atoms with Gasteiger partial charge in [0.05, 0.1) is 0 Å². The first-order valence-electron chi connectivity index (χ1n) is 9.02. The van der Waals surface area contributed by atoms with Gasteiger partial charge >= 0.3 is 0 Å². The number of hydrogen-bond donors (Lipinski definition) is 1. The maximum absolute atomic E-state index is 3.58. The normalized spacial score (nSPS) is 29.4. The van der Waals surface area contributed by atoms with E-state index in [1.54, 1.807) is 0 Å². The molecule has 3 heterocycles.